The number of benzene rings is 1. The van der Waals surface area contributed by atoms with Gasteiger partial charge in [0.15, 0.2) is 5.58 Å². The number of fused-ring (bicyclic) bond motifs is 1. The zero-order valence-corrected chi connectivity index (χ0v) is 13.8. The second-order valence-corrected chi connectivity index (χ2v) is 7.18. The fourth-order valence-corrected chi connectivity index (χ4v) is 3.90. The minimum absolute atomic E-state index is 0.284. The second-order valence-electron chi connectivity index (χ2n) is 6.12. The fourth-order valence-electron chi connectivity index (χ4n) is 3.30. The van der Waals surface area contributed by atoms with Gasteiger partial charge in [0.25, 0.3) is 0 Å². The van der Waals surface area contributed by atoms with Crippen molar-refractivity contribution in [3.05, 3.63) is 45.8 Å². The molecular weight excluding hydrogens is 313 g/mol. The summed E-state index contributed by atoms with van der Waals surface area (Å²) in [5, 5.41) is 8.41. The predicted molar refractivity (Wildman–Crippen MR) is 88.1 cm³/mol. The molecule has 1 fully saturated rings. The number of rotatable bonds is 3. The number of thiazole rings is 1. The van der Waals surface area contributed by atoms with Gasteiger partial charge in [0.05, 0.1) is 16.4 Å². The maximum absolute atomic E-state index is 13.2. The molecule has 3 heterocycles. The molecular formula is C17H18FN3OS. The van der Waals surface area contributed by atoms with Crippen molar-refractivity contribution in [3.63, 3.8) is 0 Å². The van der Waals surface area contributed by atoms with Crippen LogP contribution < -0.4 is 0 Å². The summed E-state index contributed by atoms with van der Waals surface area (Å²) >= 11 is 1.70. The van der Waals surface area contributed by atoms with E-state index in [-0.39, 0.29) is 5.82 Å². The van der Waals surface area contributed by atoms with Crippen molar-refractivity contribution < 1.29 is 8.91 Å². The van der Waals surface area contributed by atoms with Crippen molar-refractivity contribution in [2.75, 3.05) is 13.1 Å². The van der Waals surface area contributed by atoms with Gasteiger partial charge in [-0.05, 0) is 45.0 Å². The molecule has 0 saturated carbocycles. The van der Waals surface area contributed by atoms with Crippen LogP contribution in [0.5, 0.6) is 0 Å². The van der Waals surface area contributed by atoms with E-state index < -0.39 is 0 Å². The van der Waals surface area contributed by atoms with Crippen LogP contribution in [-0.2, 0) is 6.54 Å². The molecule has 0 unspecified atom stereocenters. The summed E-state index contributed by atoms with van der Waals surface area (Å²) in [5.41, 5.74) is 2.68. The number of halogens is 1. The summed E-state index contributed by atoms with van der Waals surface area (Å²) in [6.07, 6.45) is 2.09. The van der Waals surface area contributed by atoms with E-state index >= 15 is 0 Å². The molecule has 1 aliphatic heterocycles. The molecule has 1 aromatic carbocycles. The first kappa shape index (κ1) is 14.8. The standard InChI is InChI=1S/C17H18FN3OS/c1-11-19-14(10-23-11)9-21-6-4-12(5-7-21)17-15-3-2-13(18)8-16(15)22-20-17/h2-3,8,10,12H,4-7,9H2,1H3. The molecule has 0 spiro atoms. The number of aromatic nitrogens is 2. The second kappa shape index (κ2) is 6.02. The summed E-state index contributed by atoms with van der Waals surface area (Å²) in [6, 6.07) is 4.66. The quantitative estimate of drug-likeness (QED) is 0.724. The lowest BCUT2D eigenvalue weighted by Crippen LogP contribution is -2.32. The van der Waals surface area contributed by atoms with Crippen molar-refractivity contribution in [2.45, 2.75) is 32.2 Å². The highest BCUT2D eigenvalue weighted by molar-refractivity contribution is 7.09. The van der Waals surface area contributed by atoms with E-state index in [9.17, 15) is 4.39 Å². The molecule has 0 aliphatic carbocycles. The van der Waals surface area contributed by atoms with Crippen LogP contribution in [0.15, 0.2) is 28.1 Å². The molecule has 0 atom stereocenters. The number of hydrogen-bond acceptors (Lipinski definition) is 5. The first-order valence-corrected chi connectivity index (χ1v) is 8.75. The first-order chi connectivity index (χ1) is 11.2. The van der Waals surface area contributed by atoms with Crippen LogP contribution in [0.2, 0.25) is 0 Å². The van der Waals surface area contributed by atoms with Crippen molar-refractivity contribution in [3.8, 4) is 0 Å². The number of nitrogens with zero attached hydrogens (tertiary/aromatic N) is 3. The third-order valence-electron chi connectivity index (χ3n) is 4.49. The van der Waals surface area contributed by atoms with Crippen LogP contribution in [0.1, 0.15) is 35.2 Å². The number of piperidine rings is 1. The van der Waals surface area contributed by atoms with Gasteiger partial charge in [0.1, 0.15) is 5.82 Å². The minimum atomic E-state index is -0.284. The van der Waals surface area contributed by atoms with Crippen LogP contribution >= 0.6 is 11.3 Å². The first-order valence-electron chi connectivity index (χ1n) is 7.87. The van der Waals surface area contributed by atoms with Crippen molar-refractivity contribution >= 4 is 22.3 Å². The molecule has 1 saturated heterocycles. The average molecular weight is 331 g/mol. The highest BCUT2D eigenvalue weighted by Crippen LogP contribution is 2.33. The SMILES string of the molecule is Cc1nc(CN2CCC(c3noc4cc(F)ccc34)CC2)cs1. The van der Waals surface area contributed by atoms with E-state index in [0.717, 1.165) is 54.3 Å². The Kier molecular flexibility index (Phi) is 3.87. The molecule has 6 heteroatoms. The summed E-state index contributed by atoms with van der Waals surface area (Å²) in [5.74, 6) is 0.101. The van der Waals surface area contributed by atoms with Gasteiger partial charge in [-0.15, -0.1) is 11.3 Å². The molecule has 23 heavy (non-hydrogen) atoms. The van der Waals surface area contributed by atoms with Gasteiger partial charge in [-0.1, -0.05) is 5.16 Å². The Labute approximate surface area is 137 Å². The van der Waals surface area contributed by atoms with Gasteiger partial charge in [0.2, 0.25) is 0 Å². The molecule has 3 aromatic rings. The average Bonchev–Trinajstić information content (AvgIpc) is 3.14. The summed E-state index contributed by atoms with van der Waals surface area (Å²) < 4.78 is 18.5. The van der Waals surface area contributed by atoms with Gasteiger partial charge >= 0.3 is 0 Å². The maximum Gasteiger partial charge on any atom is 0.170 e. The van der Waals surface area contributed by atoms with Crippen LogP contribution in [0.4, 0.5) is 4.39 Å². The fraction of sp³-hybridized carbons (Fsp3) is 0.412. The molecule has 0 amide bonds. The van der Waals surface area contributed by atoms with Crippen molar-refractivity contribution in [1.82, 2.24) is 15.0 Å². The van der Waals surface area contributed by atoms with E-state index in [1.165, 1.54) is 12.1 Å². The molecule has 4 rings (SSSR count). The zero-order valence-electron chi connectivity index (χ0n) is 13.0. The van der Waals surface area contributed by atoms with Gasteiger partial charge in [-0.25, -0.2) is 9.37 Å². The Morgan fingerprint density at radius 2 is 2.17 bits per heavy atom. The number of aryl methyl sites for hydroxylation is 1. The Morgan fingerprint density at radius 1 is 1.35 bits per heavy atom. The zero-order chi connectivity index (χ0) is 15.8. The van der Waals surface area contributed by atoms with Gasteiger partial charge in [-0.3, -0.25) is 4.90 Å². The lowest BCUT2D eigenvalue weighted by atomic mass is 9.91. The lowest BCUT2D eigenvalue weighted by Gasteiger charge is -2.30. The normalized spacial score (nSPS) is 17.1. The van der Waals surface area contributed by atoms with E-state index in [1.54, 1.807) is 17.4 Å². The van der Waals surface area contributed by atoms with E-state index in [2.05, 4.69) is 20.4 Å². The van der Waals surface area contributed by atoms with E-state index in [0.29, 0.717) is 11.5 Å². The summed E-state index contributed by atoms with van der Waals surface area (Å²) in [4.78, 5) is 6.97. The molecule has 0 bridgehead atoms. The van der Waals surface area contributed by atoms with E-state index in [4.69, 9.17) is 4.52 Å². The highest BCUT2D eigenvalue weighted by atomic mass is 32.1. The van der Waals surface area contributed by atoms with E-state index in [1.807, 2.05) is 6.92 Å². The maximum atomic E-state index is 13.2. The molecule has 2 aromatic heterocycles. The molecule has 4 nitrogen and oxygen atoms in total. The number of hydrogen-bond donors (Lipinski definition) is 0. The predicted octanol–water partition coefficient (Wildman–Crippen LogP) is 4.11. The van der Waals surface area contributed by atoms with Crippen LogP contribution in [0, 0.1) is 12.7 Å². The largest absolute Gasteiger partial charge is 0.356 e. The highest BCUT2D eigenvalue weighted by Gasteiger charge is 2.25. The van der Waals surface area contributed by atoms with Crippen molar-refractivity contribution in [1.29, 1.82) is 0 Å². The Morgan fingerprint density at radius 3 is 2.91 bits per heavy atom. The Balaban J connectivity index is 1.44. The monoisotopic (exact) mass is 331 g/mol. The Bertz CT molecular complexity index is 820. The molecule has 0 radical (unpaired) electrons. The van der Waals surface area contributed by atoms with Gasteiger partial charge < -0.3 is 4.52 Å². The lowest BCUT2D eigenvalue weighted by molar-refractivity contribution is 0.200. The molecule has 0 N–H and O–H groups in total. The third-order valence-corrected chi connectivity index (χ3v) is 5.31. The van der Waals surface area contributed by atoms with Gasteiger partial charge in [-0.2, -0.15) is 0 Å². The topological polar surface area (TPSA) is 42.2 Å². The number of likely N-dealkylation sites (tertiary alicyclic amines) is 1. The summed E-state index contributed by atoms with van der Waals surface area (Å²) in [7, 11) is 0. The van der Waals surface area contributed by atoms with Crippen LogP contribution in [0.3, 0.4) is 0 Å². The third kappa shape index (κ3) is 3.01. The van der Waals surface area contributed by atoms with Crippen molar-refractivity contribution in [2.24, 2.45) is 0 Å². The molecule has 1 aliphatic rings. The molecule has 120 valence electrons. The summed E-state index contributed by atoms with van der Waals surface area (Å²) in [6.45, 7) is 5.01. The van der Waals surface area contributed by atoms with Crippen LogP contribution in [-0.4, -0.2) is 28.1 Å². The van der Waals surface area contributed by atoms with Gasteiger partial charge in [0, 0.05) is 29.3 Å². The Hall–Kier alpha value is -1.79. The smallest absolute Gasteiger partial charge is 0.170 e. The van der Waals surface area contributed by atoms with Crippen LogP contribution in [0.25, 0.3) is 11.0 Å². The minimum Gasteiger partial charge on any atom is -0.356 e.